The average molecular weight is 244 g/mol. The standard InChI is InChI=1S/C12H8N2S2/c1-2-4-9(5-3-1)11-14-8-10(16-11)12-13-6-7-15-12/h1-8H. The van der Waals surface area contributed by atoms with E-state index in [1.54, 1.807) is 22.7 Å². The average Bonchev–Trinajstić information content (AvgIpc) is 3.01. The van der Waals surface area contributed by atoms with E-state index in [2.05, 4.69) is 22.1 Å². The second-order valence-corrected chi connectivity index (χ2v) is 5.16. The second-order valence-electron chi connectivity index (χ2n) is 3.23. The first-order chi connectivity index (χ1) is 7.93. The first-order valence-electron chi connectivity index (χ1n) is 4.84. The van der Waals surface area contributed by atoms with Gasteiger partial charge in [-0.25, -0.2) is 9.97 Å². The summed E-state index contributed by atoms with van der Waals surface area (Å²) in [6.07, 6.45) is 3.72. The van der Waals surface area contributed by atoms with E-state index in [4.69, 9.17) is 0 Å². The van der Waals surface area contributed by atoms with Crippen LogP contribution in [0.4, 0.5) is 0 Å². The smallest absolute Gasteiger partial charge is 0.134 e. The normalized spacial score (nSPS) is 10.5. The fourth-order valence-electron chi connectivity index (χ4n) is 1.43. The summed E-state index contributed by atoms with van der Waals surface area (Å²) in [5, 5.41) is 4.07. The summed E-state index contributed by atoms with van der Waals surface area (Å²) in [5.74, 6) is 0. The summed E-state index contributed by atoms with van der Waals surface area (Å²) >= 11 is 3.32. The van der Waals surface area contributed by atoms with Gasteiger partial charge in [-0.3, -0.25) is 0 Å². The molecule has 2 nitrogen and oxygen atoms in total. The van der Waals surface area contributed by atoms with Crippen molar-refractivity contribution in [2.75, 3.05) is 0 Å². The molecule has 78 valence electrons. The highest BCUT2D eigenvalue weighted by molar-refractivity contribution is 7.22. The van der Waals surface area contributed by atoms with Crippen LogP contribution in [-0.2, 0) is 0 Å². The van der Waals surface area contributed by atoms with Crippen molar-refractivity contribution in [2.45, 2.75) is 0 Å². The Hall–Kier alpha value is -1.52. The predicted octanol–water partition coefficient (Wildman–Crippen LogP) is 3.93. The molecule has 3 aromatic rings. The molecule has 1 aromatic carbocycles. The van der Waals surface area contributed by atoms with Gasteiger partial charge in [0.25, 0.3) is 0 Å². The molecule has 2 heterocycles. The SMILES string of the molecule is c1ccc(-c2ncc(-c3nccs3)s2)cc1. The topological polar surface area (TPSA) is 25.8 Å². The van der Waals surface area contributed by atoms with E-state index >= 15 is 0 Å². The maximum absolute atomic E-state index is 4.43. The Morgan fingerprint density at radius 2 is 1.81 bits per heavy atom. The van der Waals surface area contributed by atoms with Gasteiger partial charge in [-0.15, -0.1) is 22.7 Å². The van der Waals surface area contributed by atoms with Crippen molar-refractivity contribution in [3.8, 4) is 20.5 Å². The molecule has 3 rings (SSSR count). The Labute approximate surface area is 101 Å². The van der Waals surface area contributed by atoms with Crippen LogP contribution in [0.25, 0.3) is 20.5 Å². The van der Waals surface area contributed by atoms with E-state index in [-0.39, 0.29) is 0 Å². The summed E-state index contributed by atoms with van der Waals surface area (Å²) in [7, 11) is 0. The van der Waals surface area contributed by atoms with Crippen molar-refractivity contribution in [1.29, 1.82) is 0 Å². The highest BCUT2D eigenvalue weighted by Crippen LogP contribution is 2.32. The van der Waals surface area contributed by atoms with E-state index < -0.39 is 0 Å². The van der Waals surface area contributed by atoms with E-state index in [0.717, 1.165) is 20.5 Å². The van der Waals surface area contributed by atoms with Crippen LogP contribution in [0.15, 0.2) is 48.1 Å². The lowest BCUT2D eigenvalue weighted by Gasteiger charge is -1.92. The second kappa shape index (κ2) is 4.15. The molecule has 0 saturated heterocycles. The Morgan fingerprint density at radius 1 is 0.938 bits per heavy atom. The van der Waals surface area contributed by atoms with Crippen molar-refractivity contribution in [1.82, 2.24) is 9.97 Å². The lowest BCUT2D eigenvalue weighted by Crippen LogP contribution is -1.71. The molecular formula is C12H8N2S2. The summed E-state index contributed by atoms with van der Waals surface area (Å²) < 4.78 is 0. The largest absolute Gasteiger partial charge is 0.244 e. The molecule has 0 aliphatic carbocycles. The molecule has 2 aromatic heterocycles. The summed E-state index contributed by atoms with van der Waals surface area (Å²) in [6, 6.07) is 10.2. The third kappa shape index (κ3) is 1.77. The lowest BCUT2D eigenvalue weighted by molar-refractivity contribution is 1.39. The molecule has 0 atom stereocenters. The fraction of sp³-hybridized carbons (Fsp3) is 0. The molecule has 0 aliphatic rings. The van der Waals surface area contributed by atoms with Crippen LogP contribution in [0.3, 0.4) is 0 Å². The first kappa shape index (κ1) is 9.69. The van der Waals surface area contributed by atoms with E-state index in [9.17, 15) is 0 Å². The Balaban J connectivity index is 2.00. The Kier molecular flexibility index (Phi) is 2.52. The van der Waals surface area contributed by atoms with Gasteiger partial charge in [0.15, 0.2) is 0 Å². The van der Waals surface area contributed by atoms with Crippen molar-refractivity contribution >= 4 is 22.7 Å². The van der Waals surface area contributed by atoms with Gasteiger partial charge in [-0.2, -0.15) is 0 Å². The van der Waals surface area contributed by atoms with Gasteiger partial charge in [-0.05, 0) is 0 Å². The lowest BCUT2D eigenvalue weighted by atomic mass is 10.2. The number of benzene rings is 1. The minimum Gasteiger partial charge on any atom is -0.244 e. The monoisotopic (exact) mass is 244 g/mol. The van der Waals surface area contributed by atoms with Crippen molar-refractivity contribution < 1.29 is 0 Å². The fourth-order valence-corrected chi connectivity index (χ4v) is 3.06. The molecule has 0 unspecified atom stereocenters. The third-order valence-corrected chi connectivity index (χ3v) is 4.16. The molecule has 0 bridgehead atoms. The van der Waals surface area contributed by atoms with Crippen LogP contribution >= 0.6 is 22.7 Å². The van der Waals surface area contributed by atoms with Gasteiger partial charge < -0.3 is 0 Å². The van der Waals surface area contributed by atoms with Gasteiger partial charge in [0.2, 0.25) is 0 Å². The zero-order chi connectivity index (χ0) is 10.8. The van der Waals surface area contributed by atoms with Gasteiger partial charge in [0.1, 0.15) is 10.0 Å². The summed E-state index contributed by atoms with van der Waals surface area (Å²) in [4.78, 5) is 9.84. The van der Waals surface area contributed by atoms with Crippen LogP contribution in [0.1, 0.15) is 0 Å². The molecule has 0 radical (unpaired) electrons. The summed E-state index contributed by atoms with van der Waals surface area (Å²) in [5.41, 5.74) is 1.16. The zero-order valence-electron chi connectivity index (χ0n) is 8.33. The number of hydrogen-bond acceptors (Lipinski definition) is 4. The maximum Gasteiger partial charge on any atom is 0.134 e. The van der Waals surface area contributed by atoms with Crippen LogP contribution < -0.4 is 0 Å². The van der Waals surface area contributed by atoms with Crippen molar-refractivity contribution in [3.63, 3.8) is 0 Å². The minimum absolute atomic E-state index is 1.04. The van der Waals surface area contributed by atoms with E-state index in [1.807, 2.05) is 36.0 Å². The first-order valence-corrected chi connectivity index (χ1v) is 6.54. The highest BCUT2D eigenvalue weighted by Gasteiger charge is 2.07. The van der Waals surface area contributed by atoms with Gasteiger partial charge >= 0.3 is 0 Å². The Morgan fingerprint density at radius 3 is 2.56 bits per heavy atom. The number of nitrogens with zero attached hydrogens (tertiary/aromatic N) is 2. The quantitative estimate of drug-likeness (QED) is 0.682. The molecule has 0 amide bonds. The minimum atomic E-state index is 1.04. The molecule has 4 heteroatoms. The molecule has 0 spiro atoms. The number of rotatable bonds is 2. The van der Waals surface area contributed by atoms with Crippen molar-refractivity contribution in [3.05, 3.63) is 48.1 Å². The number of hydrogen-bond donors (Lipinski definition) is 0. The Bertz CT molecular complexity index is 570. The van der Waals surface area contributed by atoms with E-state index in [1.165, 1.54) is 0 Å². The number of thiazole rings is 2. The van der Waals surface area contributed by atoms with E-state index in [0.29, 0.717) is 0 Å². The molecular weight excluding hydrogens is 236 g/mol. The zero-order valence-corrected chi connectivity index (χ0v) is 9.96. The molecule has 16 heavy (non-hydrogen) atoms. The number of aromatic nitrogens is 2. The third-order valence-electron chi connectivity index (χ3n) is 2.17. The summed E-state index contributed by atoms with van der Waals surface area (Å²) in [6.45, 7) is 0. The predicted molar refractivity (Wildman–Crippen MR) is 68.7 cm³/mol. The van der Waals surface area contributed by atoms with Crippen LogP contribution in [0, 0.1) is 0 Å². The molecule has 0 N–H and O–H groups in total. The van der Waals surface area contributed by atoms with Crippen LogP contribution in [0.5, 0.6) is 0 Å². The maximum atomic E-state index is 4.43. The molecule has 0 fully saturated rings. The highest BCUT2D eigenvalue weighted by atomic mass is 32.1. The van der Waals surface area contributed by atoms with Gasteiger partial charge in [0.05, 0.1) is 4.88 Å². The molecule has 0 saturated carbocycles. The van der Waals surface area contributed by atoms with Gasteiger partial charge in [0, 0.05) is 23.3 Å². The van der Waals surface area contributed by atoms with Crippen LogP contribution in [-0.4, -0.2) is 9.97 Å². The molecule has 0 aliphatic heterocycles. The van der Waals surface area contributed by atoms with Crippen molar-refractivity contribution in [2.24, 2.45) is 0 Å². The van der Waals surface area contributed by atoms with Crippen LogP contribution in [0.2, 0.25) is 0 Å². The van der Waals surface area contributed by atoms with Gasteiger partial charge in [-0.1, -0.05) is 30.3 Å².